The zero-order valence-corrected chi connectivity index (χ0v) is 13.4. The van der Waals surface area contributed by atoms with E-state index in [0.29, 0.717) is 21.7 Å². The van der Waals surface area contributed by atoms with Gasteiger partial charge in [0, 0.05) is 10.9 Å². The number of carbonyl (C=O) groups is 1. The summed E-state index contributed by atoms with van der Waals surface area (Å²) >= 11 is 6.25. The van der Waals surface area contributed by atoms with E-state index in [9.17, 15) is 4.79 Å². The topological polar surface area (TPSA) is 67.5 Å². The lowest BCUT2D eigenvalue weighted by molar-refractivity contribution is -0.115. The third-order valence-electron chi connectivity index (χ3n) is 2.35. The van der Waals surface area contributed by atoms with Gasteiger partial charge >= 0.3 is 0 Å². The molecule has 1 amide bonds. The highest BCUT2D eigenvalue weighted by atomic mass is 79.9. The van der Waals surface area contributed by atoms with Crippen LogP contribution in [-0.2, 0) is 4.79 Å². The van der Waals surface area contributed by atoms with Crippen molar-refractivity contribution in [1.29, 1.82) is 0 Å². The molecule has 3 rings (SSSR count). The maximum Gasteiger partial charge on any atom is 0.264 e. The summed E-state index contributed by atoms with van der Waals surface area (Å²) in [5.74, 6) is 0.974. The number of amides is 1. The van der Waals surface area contributed by atoms with Gasteiger partial charge in [0.05, 0.1) is 8.69 Å². The van der Waals surface area contributed by atoms with Crippen LogP contribution < -0.4 is 5.32 Å². The summed E-state index contributed by atoms with van der Waals surface area (Å²) in [5, 5.41) is 6.98. The number of aromatic nitrogens is 1. The van der Waals surface area contributed by atoms with E-state index < -0.39 is 0 Å². The van der Waals surface area contributed by atoms with E-state index in [4.69, 9.17) is 4.52 Å². The lowest BCUT2D eigenvalue weighted by atomic mass is 10.4. The molecule has 0 spiro atoms. The van der Waals surface area contributed by atoms with Crippen molar-refractivity contribution in [2.45, 2.75) is 6.92 Å². The number of nitrogens with one attached hydrogen (secondary N) is 1. The molecule has 0 bridgehead atoms. The maximum absolute atomic E-state index is 11.9. The number of aryl methyl sites for hydroxylation is 1. The summed E-state index contributed by atoms with van der Waals surface area (Å²) in [4.78, 5) is 17.7. The van der Waals surface area contributed by atoms with E-state index in [-0.39, 0.29) is 5.91 Å². The van der Waals surface area contributed by atoms with Crippen molar-refractivity contribution in [2.75, 3.05) is 0 Å². The number of nitrogens with zero attached hydrogens (tertiary/aromatic N) is 2. The Morgan fingerprint density at radius 1 is 1.50 bits per heavy atom. The highest BCUT2D eigenvalue weighted by Gasteiger charge is 2.24. The lowest BCUT2D eigenvalue weighted by Gasteiger charge is -1.89. The van der Waals surface area contributed by atoms with Gasteiger partial charge in [-0.05, 0) is 52.8 Å². The summed E-state index contributed by atoms with van der Waals surface area (Å²) in [7, 11) is 0. The third-order valence-corrected chi connectivity index (χ3v) is 4.83. The zero-order valence-electron chi connectivity index (χ0n) is 10.2. The number of hydrogen-bond donors (Lipinski definition) is 1. The molecule has 20 heavy (non-hydrogen) atoms. The first-order valence-corrected chi connectivity index (χ1v) is 8.01. The number of rotatable bonds is 2. The van der Waals surface area contributed by atoms with Gasteiger partial charge in [-0.15, -0.1) is 11.3 Å². The highest BCUT2D eigenvalue weighted by Crippen LogP contribution is 2.31. The minimum atomic E-state index is -0.154. The third kappa shape index (κ3) is 3.02. The SMILES string of the molecule is Cc1cc(N=C2NC(=O)/C(=C\c3ccc(Br)s3)S2)no1. The molecule has 1 saturated heterocycles. The Labute approximate surface area is 131 Å². The van der Waals surface area contributed by atoms with Crippen LogP contribution in [0.25, 0.3) is 6.08 Å². The molecule has 8 heteroatoms. The molecule has 1 aliphatic heterocycles. The van der Waals surface area contributed by atoms with Gasteiger partial charge in [-0.3, -0.25) is 4.79 Å². The number of aliphatic imine (C=N–C) groups is 1. The fourth-order valence-electron chi connectivity index (χ4n) is 1.53. The summed E-state index contributed by atoms with van der Waals surface area (Å²) in [6.07, 6.45) is 1.84. The van der Waals surface area contributed by atoms with Crippen molar-refractivity contribution in [1.82, 2.24) is 10.5 Å². The Kier molecular flexibility index (Phi) is 3.77. The van der Waals surface area contributed by atoms with E-state index in [1.807, 2.05) is 18.2 Å². The minimum absolute atomic E-state index is 0.154. The molecular formula is C12H8BrN3O2S2. The number of hydrogen-bond acceptors (Lipinski definition) is 6. The van der Waals surface area contributed by atoms with Crippen molar-refractivity contribution in [2.24, 2.45) is 4.99 Å². The van der Waals surface area contributed by atoms with Crippen LogP contribution in [0, 0.1) is 6.92 Å². The number of thioether (sulfide) groups is 1. The van der Waals surface area contributed by atoms with Gasteiger partial charge in [-0.1, -0.05) is 5.16 Å². The Hall–Kier alpha value is -1.38. The van der Waals surface area contributed by atoms with E-state index >= 15 is 0 Å². The number of thiophene rings is 1. The number of carbonyl (C=O) groups excluding carboxylic acids is 1. The van der Waals surface area contributed by atoms with Crippen molar-refractivity contribution in [3.8, 4) is 0 Å². The summed E-state index contributed by atoms with van der Waals surface area (Å²) in [6.45, 7) is 1.79. The van der Waals surface area contributed by atoms with Crippen LogP contribution in [0.2, 0.25) is 0 Å². The first-order valence-electron chi connectivity index (χ1n) is 5.58. The smallest absolute Gasteiger partial charge is 0.264 e. The molecule has 102 valence electrons. The van der Waals surface area contributed by atoms with Gasteiger partial charge in [-0.2, -0.15) is 0 Å². The predicted molar refractivity (Wildman–Crippen MR) is 84.1 cm³/mol. The first-order chi connectivity index (χ1) is 9.60. The van der Waals surface area contributed by atoms with Gasteiger partial charge in [0.2, 0.25) is 0 Å². The van der Waals surface area contributed by atoms with Crippen LogP contribution in [0.3, 0.4) is 0 Å². The molecule has 5 nitrogen and oxygen atoms in total. The Balaban J connectivity index is 1.81. The number of halogens is 1. The van der Waals surface area contributed by atoms with Crippen LogP contribution in [0.1, 0.15) is 10.6 Å². The van der Waals surface area contributed by atoms with E-state index in [0.717, 1.165) is 8.66 Å². The number of amidine groups is 1. The van der Waals surface area contributed by atoms with Crippen molar-refractivity contribution >= 4 is 62.0 Å². The van der Waals surface area contributed by atoms with Crippen molar-refractivity contribution < 1.29 is 9.32 Å². The molecule has 1 aliphatic rings. The fourth-order valence-corrected chi connectivity index (χ4v) is 3.79. The highest BCUT2D eigenvalue weighted by molar-refractivity contribution is 9.11. The molecule has 2 aromatic heterocycles. The van der Waals surface area contributed by atoms with Gasteiger partial charge in [-0.25, -0.2) is 4.99 Å². The standard InChI is InChI=1S/C12H8BrN3O2S2/c1-6-4-10(16-18-6)14-12-15-11(17)8(20-12)5-7-2-3-9(13)19-7/h2-5H,1H3,(H,14,15,16,17)/b8-5+. The molecule has 0 radical (unpaired) electrons. The normalized spacial score (nSPS) is 19.0. The average Bonchev–Trinajstić information content (AvgIpc) is 3.05. The molecule has 0 saturated carbocycles. The van der Waals surface area contributed by atoms with Gasteiger partial charge in [0.15, 0.2) is 11.0 Å². The Morgan fingerprint density at radius 3 is 3.00 bits per heavy atom. The van der Waals surface area contributed by atoms with E-state index in [1.165, 1.54) is 11.8 Å². The largest absolute Gasteiger partial charge is 0.359 e. The summed E-state index contributed by atoms with van der Waals surface area (Å²) in [5.41, 5.74) is 0. The maximum atomic E-state index is 11.9. The molecule has 3 heterocycles. The second kappa shape index (κ2) is 5.55. The fraction of sp³-hybridized carbons (Fsp3) is 0.0833. The molecule has 2 aromatic rings. The second-order valence-corrected chi connectivity index (χ2v) is 7.44. The lowest BCUT2D eigenvalue weighted by Crippen LogP contribution is -2.19. The molecular weight excluding hydrogens is 362 g/mol. The molecule has 0 atom stereocenters. The monoisotopic (exact) mass is 369 g/mol. The van der Waals surface area contributed by atoms with Gasteiger partial charge in [0.1, 0.15) is 5.76 Å². The summed E-state index contributed by atoms with van der Waals surface area (Å²) < 4.78 is 5.96. The van der Waals surface area contributed by atoms with Crippen LogP contribution in [0.5, 0.6) is 0 Å². The Morgan fingerprint density at radius 2 is 2.35 bits per heavy atom. The molecule has 0 unspecified atom stereocenters. The van der Waals surface area contributed by atoms with E-state index in [1.54, 1.807) is 24.3 Å². The van der Waals surface area contributed by atoms with Crippen LogP contribution in [0.15, 0.2) is 36.4 Å². The average molecular weight is 370 g/mol. The predicted octanol–water partition coefficient (Wildman–Crippen LogP) is 3.70. The van der Waals surface area contributed by atoms with Crippen LogP contribution in [-0.4, -0.2) is 16.2 Å². The minimum Gasteiger partial charge on any atom is -0.359 e. The second-order valence-electron chi connectivity index (χ2n) is 3.92. The van der Waals surface area contributed by atoms with E-state index in [2.05, 4.69) is 31.4 Å². The van der Waals surface area contributed by atoms with Crippen LogP contribution in [0.4, 0.5) is 5.82 Å². The van der Waals surface area contributed by atoms with Gasteiger partial charge < -0.3 is 9.84 Å². The van der Waals surface area contributed by atoms with Gasteiger partial charge in [0.25, 0.3) is 5.91 Å². The Bertz CT molecular complexity index is 733. The summed E-state index contributed by atoms with van der Waals surface area (Å²) in [6, 6.07) is 5.60. The quantitative estimate of drug-likeness (QED) is 0.819. The zero-order chi connectivity index (χ0) is 14.1. The van der Waals surface area contributed by atoms with Crippen molar-refractivity contribution in [3.05, 3.63) is 37.5 Å². The first kappa shape index (κ1) is 13.6. The molecule has 1 N–H and O–H groups in total. The molecule has 0 aromatic carbocycles. The molecule has 1 fully saturated rings. The van der Waals surface area contributed by atoms with Crippen LogP contribution >= 0.6 is 39.0 Å². The molecule has 0 aliphatic carbocycles. The van der Waals surface area contributed by atoms with Crippen molar-refractivity contribution in [3.63, 3.8) is 0 Å².